The molecule has 0 radical (unpaired) electrons. The van der Waals surface area contributed by atoms with Crippen molar-refractivity contribution >= 4 is 17.6 Å². The SMILES string of the molecule is O=c1c(OC2CCC(F)C2)c(N2CCN(SCc3ccccc3)CC2)cnn1-c1cc(F)cc(F)c1. The molecule has 2 aliphatic rings. The highest BCUT2D eigenvalue weighted by Crippen LogP contribution is 2.32. The Balaban J connectivity index is 1.36. The molecule has 1 saturated carbocycles. The van der Waals surface area contributed by atoms with Crippen LogP contribution >= 0.6 is 11.9 Å². The molecule has 1 aliphatic heterocycles. The van der Waals surface area contributed by atoms with Gasteiger partial charge in [0.15, 0.2) is 0 Å². The smallest absolute Gasteiger partial charge is 0.316 e. The summed E-state index contributed by atoms with van der Waals surface area (Å²) in [4.78, 5) is 15.5. The highest BCUT2D eigenvalue weighted by atomic mass is 32.2. The van der Waals surface area contributed by atoms with E-state index in [2.05, 4.69) is 21.5 Å². The molecule has 5 rings (SSSR count). The summed E-state index contributed by atoms with van der Waals surface area (Å²) in [6.07, 6.45) is 1.18. The lowest BCUT2D eigenvalue weighted by Crippen LogP contribution is -2.44. The van der Waals surface area contributed by atoms with E-state index < -0.39 is 29.5 Å². The van der Waals surface area contributed by atoms with Gasteiger partial charge in [0, 0.05) is 44.4 Å². The minimum Gasteiger partial charge on any atom is -0.483 e. The van der Waals surface area contributed by atoms with Crippen molar-refractivity contribution in [2.75, 3.05) is 31.1 Å². The normalized spacial score (nSPS) is 20.6. The number of nitrogens with zero attached hydrogens (tertiary/aromatic N) is 4. The number of rotatable bonds is 7. The van der Waals surface area contributed by atoms with Gasteiger partial charge in [-0.3, -0.25) is 4.79 Å². The Kier molecular flexibility index (Phi) is 7.52. The molecule has 2 atom stereocenters. The van der Waals surface area contributed by atoms with E-state index in [9.17, 15) is 18.0 Å². The molecule has 36 heavy (non-hydrogen) atoms. The molecule has 1 aliphatic carbocycles. The maximum absolute atomic E-state index is 13.8. The van der Waals surface area contributed by atoms with Gasteiger partial charge in [-0.05, 0) is 30.5 Å². The molecule has 10 heteroatoms. The summed E-state index contributed by atoms with van der Waals surface area (Å²) in [6, 6.07) is 13.1. The van der Waals surface area contributed by atoms with Gasteiger partial charge in [-0.15, -0.1) is 0 Å². The van der Waals surface area contributed by atoms with Crippen LogP contribution in [-0.4, -0.2) is 52.5 Å². The molecule has 2 aromatic carbocycles. The van der Waals surface area contributed by atoms with Crippen LogP contribution in [0, 0.1) is 11.6 Å². The summed E-state index contributed by atoms with van der Waals surface area (Å²) in [5.41, 5.74) is 1.11. The van der Waals surface area contributed by atoms with Crippen LogP contribution in [0.5, 0.6) is 5.75 Å². The van der Waals surface area contributed by atoms with E-state index >= 15 is 0 Å². The molecule has 0 amide bonds. The number of aromatic nitrogens is 2. The quantitative estimate of drug-likeness (QED) is 0.423. The Morgan fingerprint density at radius 2 is 1.72 bits per heavy atom. The van der Waals surface area contributed by atoms with Crippen molar-refractivity contribution in [2.45, 2.75) is 37.3 Å². The Bertz CT molecular complexity index is 1230. The monoisotopic (exact) mass is 516 g/mol. The number of ether oxygens (including phenoxy) is 1. The lowest BCUT2D eigenvalue weighted by atomic mass is 10.2. The first-order chi connectivity index (χ1) is 17.5. The van der Waals surface area contributed by atoms with E-state index in [1.54, 1.807) is 11.9 Å². The van der Waals surface area contributed by atoms with E-state index in [0.29, 0.717) is 31.6 Å². The van der Waals surface area contributed by atoms with E-state index in [-0.39, 0.29) is 17.9 Å². The molecule has 0 spiro atoms. The number of alkyl halides is 1. The zero-order valence-corrected chi connectivity index (χ0v) is 20.5. The number of benzene rings is 2. The number of anilines is 1. The van der Waals surface area contributed by atoms with Crippen LogP contribution in [0.1, 0.15) is 24.8 Å². The molecule has 1 saturated heterocycles. The Morgan fingerprint density at radius 1 is 1.00 bits per heavy atom. The maximum Gasteiger partial charge on any atom is 0.316 e. The summed E-state index contributed by atoms with van der Waals surface area (Å²) in [7, 11) is 0. The van der Waals surface area contributed by atoms with Crippen molar-refractivity contribution in [2.24, 2.45) is 0 Å². The van der Waals surface area contributed by atoms with Gasteiger partial charge in [-0.1, -0.05) is 42.3 Å². The lowest BCUT2D eigenvalue weighted by Gasteiger charge is -2.36. The average molecular weight is 517 g/mol. The van der Waals surface area contributed by atoms with Crippen LogP contribution in [-0.2, 0) is 5.75 Å². The third-order valence-electron chi connectivity index (χ3n) is 6.45. The van der Waals surface area contributed by atoms with E-state index in [1.165, 1.54) is 11.8 Å². The van der Waals surface area contributed by atoms with Crippen molar-refractivity contribution in [1.29, 1.82) is 0 Å². The number of halogens is 3. The Labute approximate surface area is 211 Å². The van der Waals surface area contributed by atoms with Crippen molar-refractivity contribution in [3.8, 4) is 11.4 Å². The molecule has 1 aromatic heterocycles. The van der Waals surface area contributed by atoms with Crippen LogP contribution in [0.15, 0.2) is 59.5 Å². The number of hydrogen-bond donors (Lipinski definition) is 0. The third-order valence-corrected chi connectivity index (χ3v) is 7.64. The van der Waals surface area contributed by atoms with Crippen LogP contribution in [0.2, 0.25) is 0 Å². The van der Waals surface area contributed by atoms with Gasteiger partial charge in [0.2, 0.25) is 5.75 Å². The zero-order chi connectivity index (χ0) is 25.1. The Hall–Kier alpha value is -2.98. The largest absolute Gasteiger partial charge is 0.483 e. The summed E-state index contributed by atoms with van der Waals surface area (Å²) in [6.45, 7) is 2.83. The third kappa shape index (κ3) is 5.70. The molecule has 2 unspecified atom stereocenters. The van der Waals surface area contributed by atoms with Gasteiger partial charge >= 0.3 is 5.56 Å². The maximum atomic E-state index is 13.8. The topological polar surface area (TPSA) is 50.6 Å². The zero-order valence-electron chi connectivity index (χ0n) is 19.7. The molecule has 3 aromatic rings. The fourth-order valence-corrected chi connectivity index (χ4v) is 5.52. The van der Waals surface area contributed by atoms with Crippen LogP contribution < -0.4 is 15.2 Å². The van der Waals surface area contributed by atoms with Crippen molar-refractivity contribution < 1.29 is 17.9 Å². The lowest BCUT2D eigenvalue weighted by molar-refractivity contribution is 0.193. The number of piperazine rings is 1. The first kappa shape index (κ1) is 24.7. The van der Waals surface area contributed by atoms with Crippen LogP contribution in [0.4, 0.5) is 18.9 Å². The predicted molar refractivity (Wildman–Crippen MR) is 134 cm³/mol. The first-order valence-corrected chi connectivity index (χ1v) is 13.0. The fraction of sp³-hybridized carbons (Fsp3) is 0.385. The molecular weight excluding hydrogens is 489 g/mol. The highest BCUT2D eigenvalue weighted by Gasteiger charge is 2.30. The van der Waals surface area contributed by atoms with Gasteiger partial charge in [0.25, 0.3) is 0 Å². The summed E-state index contributed by atoms with van der Waals surface area (Å²) < 4.78 is 50.7. The van der Waals surface area contributed by atoms with E-state index in [0.717, 1.165) is 41.7 Å². The minimum atomic E-state index is -0.968. The summed E-state index contributed by atoms with van der Waals surface area (Å²) in [5, 5.41) is 4.21. The van der Waals surface area contributed by atoms with Gasteiger partial charge in [-0.25, -0.2) is 17.5 Å². The van der Waals surface area contributed by atoms with Crippen LogP contribution in [0.25, 0.3) is 5.69 Å². The minimum absolute atomic E-state index is 0.0363. The molecule has 2 heterocycles. The predicted octanol–water partition coefficient (Wildman–Crippen LogP) is 4.75. The molecule has 2 fully saturated rings. The van der Waals surface area contributed by atoms with E-state index in [1.807, 2.05) is 23.1 Å². The second-order valence-electron chi connectivity index (χ2n) is 9.03. The first-order valence-electron chi connectivity index (χ1n) is 12.0. The standard InChI is InChI=1S/C26H27F3N4O2S/c27-19-6-7-23(15-19)35-25-24(16-30-33(26(25)34)22-13-20(28)12-21(29)14-22)31-8-10-32(11-9-31)36-17-18-4-2-1-3-5-18/h1-5,12-14,16,19,23H,6-11,15,17H2. The van der Waals surface area contributed by atoms with Gasteiger partial charge < -0.3 is 9.64 Å². The molecule has 0 N–H and O–H groups in total. The summed E-state index contributed by atoms with van der Waals surface area (Å²) >= 11 is 1.77. The second-order valence-corrected chi connectivity index (χ2v) is 10.1. The fourth-order valence-electron chi connectivity index (χ4n) is 4.57. The summed E-state index contributed by atoms with van der Waals surface area (Å²) in [5.74, 6) is -0.710. The average Bonchev–Trinajstić information content (AvgIpc) is 3.29. The Morgan fingerprint density at radius 3 is 2.39 bits per heavy atom. The molecule has 6 nitrogen and oxygen atoms in total. The van der Waals surface area contributed by atoms with Gasteiger partial charge in [0.1, 0.15) is 29.6 Å². The van der Waals surface area contributed by atoms with Crippen molar-refractivity contribution in [1.82, 2.24) is 14.1 Å². The van der Waals surface area contributed by atoms with Gasteiger partial charge in [-0.2, -0.15) is 9.78 Å². The molecule has 0 bridgehead atoms. The van der Waals surface area contributed by atoms with E-state index in [4.69, 9.17) is 4.74 Å². The molecule has 190 valence electrons. The highest BCUT2D eigenvalue weighted by molar-refractivity contribution is 7.96. The second kappa shape index (κ2) is 11.0. The van der Waals surface area contributed by atoms with Crippen molar-refractivity contribution in [3.63, 3.8) is 0 Å². The van der Waals surface area contributed by atoms with Gasteiger partial charge in [0.05, 0.1) is 11.9 Å². The van der Waals surface area contributed by atoms with Crippen molar-refractivity contribution in [3.05, 3.63) is 82.3 Å². The molecular formula is C26H27F3N4O2S. The number of hydrogen-bond acceptors (Lipinski definition) is 6. The van der Waals surface area contributed by atoms with Crippen LogP contribution in [0.3, 0.4) is 0 Å².